The van der Waals surface area contributed by atoms with Gasteiger partial charge < -0.3 is 15.3 Å². The third kappa shape index (κ3) is 3.46. The van der Waals surface area contributed by atoms with Crippen molar-refractivity contribution in [2.45, 2.75) is 12.2 Å². The first-order valence-electron chi connectivity index (χ1n) is 4.76. The molecule has 0 aliphatic heterocycles. The summed E-state index contributed by atoms with van der Waals surface area (Å²) in [5.74, 6) is -1.12. The topological polar surface area (TPSA) is 127 Å². The maximum Gasteiger partial charge on any atom is 0.335 e. The number of hydrogen-bond acceptors (Lipinski definition) is 4. The molecule has 0 saturated heterocycles. The highest BCUT2D eigenvalue weighted by Gasteiger charge is 2.18. The van der Waals surface area contributed by atoms with Gasteiger partial charge in [-0.15, -0.1) is 0 Å². The molecule has 0 spiro atoms. The van der Waals surface area contributed by atoms with E-state index in [0.29, 0.717) is 0 Å². The van der Waals surface area contributed by atoms with E-state index in [1.165, 1.54) is 24.3 Å². The lowest BCUT2D eigenvalue weighted by molar-refractivity contribution is 0.0243. The van der Waals surface area contributed by atoms with Crippen LogP contribution in [0.4, 0.5) is 0 Å². The quantitative estimate of drug-likeness (QED) is 0.402. The Morgan fingerprint density at radius 1 is 1.47 bits per heavy atom. The van der Waals surface area contributed by atoms with Gasteiger partial charge in [0, 0.05) is 4.91 Å². The van der Waals surface area contributed by atoms with Gasteiger partial charge in [-0.05, 0) is 23.2 Å². The molecule has 0 aromatic heterocycles. The first-order valence-corrected chi connectivity index (χ1v) is 4.76. The van der Waals surface area contributed by atoms with E-state index in [0.717, 1.165) is 0 Å². The van der Waals surface area contributed by atoms with Crippen molar-refractivity contribution in [2.24, 2.45) is 5.11 Å². The Morgan fingerprint density at radius 2 is 2.18 bits per heavy atom. The monoisotopic (exact) mass is 237 g/mol. The number of aliphatic hydroxyl groups excluding tert-OH is 2. The number of nitrogens with zero attached hydrogens (tertiary/aromatic N) is 3. The number of hydrogen-bond donors (Lipinski definition) is 3. The zero-order valence-corrected chi connectivity index (χ0v) is 8.76. The number of benzene rings is 1. The fourth-order valence-electron chi connectivity index (χ4n) is 1.30. The van der Waals surface area contributed by atoms with Crippen molar-refractivity contribution in [3.05, 3.63) is 45.8 Å². The molecule has 2 atom stereocenters. The molecule has 0 radical (unpaired) electrons. The molecule has 1 aromatic rings. The van der Waals surface area contributed by atoms with Gasteiger partial charge in [-0.1, -0.05) is 17.2 Å². The minimum atomic E-state index is -1.29. The molecule has 0 amide bonds. The smallest absolute Gasteiger partial charge is 0.335 e. The number of aliphatic hydroxyl groups is 2. The molecular formula is C10H11N3O4. The van der Waals surface area contributed by atoms with Crippen LogP contribution in [0.25, 0.3) is 10.4 Å². The van der Waals surface area contributed by atoms with Crippen LogP contribution in [0.3, 0.4) is 0 Å². The van der Waals surface area contributed by atoms with E-state index in [4.69, 9.17) is 10.6 Å². The fourth-order valence-corrected chi connectivity index (χ4v) is 1.30. The lowest BCUT2D eigenvalue weighted by Gasteiger charge is -2.16. The summed E-state index contributed by atoms with van der Waals surface area (Å²) >= 11 is 0. The molecule has 0 heterocycles. The minimum Gasteiger partial charge on any atom is -0.478 e. The Morgan fingerprint density at radius 3 is 2.76 bits per heavy atom. The van der Waals surface area contributed by atoms with Crippen LogP contribution < -0.4 is 0 Å². The molecule has 2 unspecified atom stereocenters. The van der Waals surface area contributed by atoms with Gasteiger partial charge in [0.15, 0.2) is 0 Å². The SMILES string of the molecule is [N-]=[N+]=NCC(O)C(O)c1cccc(C(=O)O)c1. The maximum atomic E-state index is 10.7. The number of carboxylic acids is 1. The Bertz CT molecular complexity index is 457. The standard InChI is InChI=1S/C10H11N3O4/c11-13-12-5-8(14)9(15)6-2-1-3-7(4-6)10(16)17/h1-4,8-9,14-15H,5H2,(H,16,17). The van der Waals surface area contributed by atoms with Crippen LogP contribution >= 0.6 is 0 Å². The van der Waals surface area contributed by atoms with Gasteiger partial charge in [0.1, 0.15) is 6.10 Å². The first kappa shape index (κ1) is 13.0. The third-order valence-corrected chi connectivity index (χ3v) is 2.17. The summed E-state index contributed by atoms with van der Waals surface area (Å²) in [5.41, 5.74) is 8.34. The van der Waals surface area contributed by atoms with Crippen LogP contribution in [0.15, 0.2) is 29.4 Å². The van der Waals surface area contributed by atoms with E-state index >= 15 is 0 Å². The van der Waals surface area contributed by atoms with Crippen LogP contribution in [-0.4, -0.2) is 33.9 Å². The van der Waals surface area contributed by atoms with E-state index in [-0.39, 0.29) is 17.7 Å². The van der Waals surface area contributed by atoms with Gasteiger partial charge in [0.25, 0.3) is 0 Å². The Balaban J connectivity index is 2.87. The van der Waals surface area contributed by atoms with E-state index in [2.05, 4.69) is 10.0 Å². The summed E-state index contributed by atoms with van der Waals surface area (Å²) in [7, 11) is 0. The van der Waals surface area contributed by atoms with Crippen molar-refractivity contribution in [3.63, 3.8) is 0 Å². The van der Waals surface area contributed by atoms with Gasteiger partial charge in [-0.2, -0.15) is 0 Å². The fraction of sp³-hybridized carbons (Fsp3) is 0.300. The normalized spacial score (nSPS) is 13.5. The summed E-state index contributed by atoms with van der Waals surface area (Å²) in [6.45, 7) is -0.283. The van der Waals surface area contributed by atoms with Gasteiger partial charge in [0.2, 0.25) is 0 Å². The van der Waals surface area contributed by atoms with Crippen LogP contribution in [0.1, 0.15) is 22.0 Å². The van der Waals surface area contributed by atoms with Crippen molar-refractivity contribution in [1.29, 1.82) is 0 Å². The molecular weight excluding hydrogens is 226 g/mol. The van der Waals surface area contributed by atoms with Crippen LogP contribution in [0.5, 0.6) is 0 Å². The number of carbonyl (C=O) groups is 1. The largest absolute Gasteiger partial charge is 0.478 e. The Hall–Kier alpha value is -2.08. The van der Waals surface area contributed by atoms with Gasteiger partial charge in [-0.3, -0.25) is 0 Å². The van der Waals surface area contributed by atoms with Crippen LogP contribution in [0.2, 0.25) is 0 Å². The number of rotatable bonds is 5. The highest BCUT2D eigenvalue weighted by molar-refractivity contribution is 5.87. The summed E-state index contributed by atoms with van der Waals surface area (Å²) in [6, 6.07) is 5.57. The first-order chi connectivity index (χ1) is 8.06. The second-order valence-electron chi connectivity index (χ2n) is 3.36. The molecule has 7 nitrogen and oxygen atoms in total. The molecule has 3 N–H and O–H groups in total. The lowest BCUT2D eigenvalue weighted by atomic mass is 10.0. The van der Waals surface area contributed by atoms with Crippen LogP contribution in [-0.2, 0) is 0 Å². The van der Waals surface area contributed by atoms with Crippen molar-refractivity contribution in [3.8, 4) is 0 Å². The molecule has 0 aliphatic rings. The number of carboxylic acid groups (broad SMARTS) is 1. The zero-order chi connectivity index (χ0) is 12.8. The van der Waals surface area contributed by atoms with Gasteiger partial charge >= 0.3 is 5.97 Å². The van der Waals surface area contributed by atoms with E-state index in [1.54, 1.807) is 0 Å². The average molecular weight is 237 g/mol. The molecule has 0 fully saturated rings. The predicted octanol–water partition coefficient (Wildman–Crippen LogP) is 1.09. The Labute approximate surface area is 96.6 Å². The number of azide groups is 1. The summed E-state index contributed by atoms with van der Waals surface area (Å²) in [5, 5.41) is 31.1. The van der Waals surface area contributed by atoms with E-state index < -0.39 is 18.2 Å². The molecule has 0 aliphatic carbocycles. The second-order valence-corrected chi connectivity index (χ2v) is 3.36. The number of aromatic carboxylic acids is 1. The molecule has 17 heavy (non-hydrogen) atoms. The van der Waals surface area contributed by atoms with E-state index in [9.17, 15) is 15.0 Å². The highest BCUT2D eigenvalue weighted by Crippen LogP contribution is 2.18. The van der Waals surface area contributed by atoms with Crippen molar-refractivity contribution in [2.75, 3.05) is 6.54 Å². The summed E-state index contributed by atoms with van der Waals surface area (Å²) in [6.07, 6.45) is -2.56. The molecule has 1 rings (SSSR count). The summed E-state index contributed by atoms with van der Waals surface area (Å²) < 4.78 is 0. The summed E-state index contributed by atoms with van der Waals surface area (Å²) in [4.78, 5) is 13.2. The maximum absolute atomic E-state index is 10.7. The molecule has 90 valence electrons. The Kier molecular flexibility index (Phi) is 4.47. The highest BCUT2D eigenvalue weighted by atomic mass is 16.4. The lowest BCUT2D eigenvalue weighted by Crippen LogP contribution is -2.21. The molecule has 1 aromatic carbocycles. The third-order valence-electron chi connectivity index (χ3n) is 2.17. The van der Waals surface area contributed by atoms with E-state index in [1.807, 2.05) is 0 Å². The predicted molar refractivity (Wildman–Crippen MR) is 58.4 cm³/mol. The zero-order valence-electron chi connectivity index (χ0n) is 8.76. The van der Waals surface area contributed by atoms with Gasteiger partial charge in [-0.25, -0.2) is 4.79 Å². The molecule has 0 bridgehead atoms. The second kappa shape index (κ2) is 5.86. The molecule has 0 saturated carbocycles. The molecule has 7 heteroatoms. The van der Waals surface area contributed by atoms with Crippen LogP contribution in [0, 0.1) is 0 Å². The van der Waals surface area contributed by atoms with Crippen molar-refractivity contribution >= 4 is 5.97 Å². The van der Waals surface area contributed by atoms with Crippen molar-refractivity contribution in [1.82, 2.24) is 0 Å². The average Bonchev–Trinajstić information content (AvgIpc) is 2.35. The van der Waals surface area contributed by atoms with Crippen molar-refractivity contribution < 1.29 is 20.1 Å². The van der Waals surface area contributed by atoms with Gasteiger partial charge in [0.05, 0.1) is 18.2 Å². The minimum absolute atomic E-state index is 0.0116.